The highest BCUT2D eigenvalue weighted by molar-refractivity contribution is 7.99. The van der Waals surface area contributed by atoms with Gasteiger partial charge in [0, 0.05) is 12.1 Å². The minimum Gasteiger partial charge on any atom is -0.504 e. The summed E-state index contributed by atoms with van der Waals surface area (Å²) in [5, 5.41) is 14.8. The Hall–Kier alpha value is -3.00. The van der Waals surface area contributed by atoms with Crippen molar-refractivity contribution < 1.29 is 14.6 Å². The third-order valence-electron chi connectivity index (χ3n) is 3.99. The fourth-order valence-corrected chi connectivity index (χ4v) is 3.59. The highest BCUT2D eigenvalue weighted by atomic mass is 32.2. The number of nitrogens with one attached hydrogen (secondary N) is 1. The first kappa shape index (κ1) is 19.8. The number of benzene rings is 2. The number of hydrazone groups is 1. The lowest BCUT2D eigenvalue weighted by Gasteiger charge is -2.07. The van der Waals surface area contributed by atoms with Crippen molar-refractivity contribution in [1.29, 1.82) is 0 Å². The maximum atomic E-state index is 12.1. The minimum atomic E-state index is -0.253. The van der Waals surface area contributed by atoms with Gasteiger partial charge >= 0.3 is 0 Å². The summed E-state index contributed by atoms with van der Waals surface area (Å²) < 4.78 is 7.40. The number of nitrogens with zero attached hydrogens (tertiary/aromatic N) is 3. The Morgan fingerprint density at radius 2 is 2.11 bits per heavy atom. The summed E-state index contributed by atoms with van der Waals surface area (Å²) in [6.07, 6.45) is 1.39. The summed E-state index contributed by atoms with van der Waals surface area (Å²) in [5.41, 5.74) is 4.90. The molecule has 8 heteroatoms. The maximum absolute atomic E-state index is 12.1. The molecule has 0 radical (unpaired) electrons. The molecule has 146 valence electrons. The molecule has 0 fully saturated rings. The number of thioether (sulfide) groups is 1. The van der Waals surface area contributed by atoms with Crippen molar-refractivity contribution in [3.8, 4) is 11.5 Å². The maximum Gasteiger partial charge on any atom is 0.250 e. The molecule has 7 nitrogen and oxygen atoms in total. The number of para-hydroxylation sites is 3. The number of aromatic nitrogens is 2. The van der Waals surface area contributed by atoms with E-state index in [1.165, 1.54) is 18.0 Å². The second-order valence-electron chi connectivity index (χ2n) is 5.84. The smallest absolute Gasteiger partial charge is 0.250 e. The van der Waals surface area contributed by atoms with Gasteiger partial charge in [-0.3, -0.25) is 4.79 Å². The van der Waals surface area contributed by atoms with Crippen molar-refractivity contribution in [2.75, 3.05) is 12.4 Å². The van der Waals surface area contributed by atoms with Gasteiger partial charge in [0.25, 0.3) is 5.91 Å². The average molecular weight is 398 g/mol. The van der Waals surface area contributed by atoms with Crippen molar-refractivity contribution in [2.24, 2.45) is 5.10 Å². The SMILES string of the molecule is CCOc1cccc(/C=N/NC(=O)CSc2nc3ccccc3n2CC)c1O. The van der Waals surface area contributed by atoms with Crippen LogP contribution in [0.25, 0.3) is 11.0 Å². The van der Waals surface area contributed by atoms with E-state index in [9.17, 15) is 9.90 Å². The zero-order valence-electron chi connectivity index (χ0n) is 15.8. The molecule has 3 aromatic rings. The first-order valence-electron chi connectivity index (χ1n) is 8.98. The average Bonchev–Trinajstić information content (AvgIpc) is 3.07. The number of phenolic OH excluding ortho intramolecular Hbond substituents is 1. The number of aryl methyl sites for hydroxylation is 1. The van der Waals surface area contributed by atoms with Crippen molar-refractivity contribution in [2.45, 2.75) is 25.5 Å². The van der Waals surface area contributed by atoms with Gasteiger partial charge in [-0.05, 0) is 38.1 Å². The third-order valence-corrected chi connectivity index (χ3v) is 4.97. The Labute approximate surface area is 167 Å². The van der Waals surface area contributed by atoms with Crippen molar-refractivity contribution in [3.63, 3.8) is 0 Å². The van der Waals surface area contributed by atoms with Gasteiger partial charge in [-0.2, -0.15) is 5.10 Å². The second kappa shape index (κ2) is 9.27. The molecule has 0 spiro atoms. The molecule has 0 atom stereocenters. The van der Waals surface area contributed by atoms with Gasteiger partial charge in [-0.15, -0.1) is 0 Å². The van der Waals surface area contributed by atoms with Crippen LogP contribution < -0.4 is 10.2 Å². The number of carbonyl (C=O) groups is 1. The molecule has 1 aromatic heterocycles. The second-order valence-corrected chi connectivity index (χ2v) is 6.78. The van der Waals surface area contributed by atoms with Crippen molar-refractivity contribution in [3.05, 3.63) is 48.0 Å². The first-order chi connectivity index (χ1) is 13.6. The number of imidazole rings is 1. The molecule has 28 heavy (non-hydrogen) atoms. The summed E-state index contributed by atoms with van der Waals surface area (Å²) in [4.78, 5) is 16.7. The van der Waals surface area contributed by atoms with Crippen molar-refractivity contribution >= 4 is 34.9 Å². The van der Waals surface area contributed by atoms with Crippen LogP contribution in [-0.2, 0) is 11.3 Å². The highest BCUT2D eigenvalue weighted by Gasteiger charge is 2.11. The molecule has 0 aliphatic rings. The molecule has 0 bridgehead atoms. The number of carbonyl (C=O) groups excluding carboxylic acids is 1. The Morgan fingerprint density at radius 3 is 2.89 bits per heavy atom. The lowest BCUT2D eigenvalue weighted by Crippen LogP contribution is -2.20. The van der Waals surface area contributed by atoms with Gasteiger partial charge < -0.3 is 14.4 Å². The number of ether oxygens (including phenoxy) is 1. The van der Waals surface area contributed by atoms with Gasteiger partial charge in [-0.25, -0.2) is 10.4 Å². The lowest BCUT2D eigenvalue weighted by atomic mass is 10.2. The molecule has 0 unspecified atom stereocenters. The quantitative estimate of drug-likeness (QED) is 0.345. The van der Waals surface area contributed by atoms with Gasteiger partial charge in [0.15, 0.2) is 16.7 Å². The van der Waals surface area contributed by atoms with Crippen LogP contribution in [0.5, 0.6) is 11.5 Å². The number of fused-ring (bicyclic) bond motifs is 1. The summed E-state index contributed by atoms with van der Waals surface area (Å²) in [6.45, 7) is 5.11. The fourth-order valence-electron chi connectivity index (χ4n) is 2.72. The molecular weight excluding hydrogens is 376 g/mol. The molecular formula is C20H22N4O3S. The molecule has 0 saturated heterocycles. The number of rotatable bonds is 8. The van der Waals surface area contributed by atoms with Crippen LogP contribution in [0.4, 0.5) is 0 Å². The van der Waals surface area contributed by atoms with Gasteiger partial charge in [0.2, 0.25) is 0 Å². The Balaban J connectivity index is 1.60. The van der Waals surface area contributed by atoms with Crippen LogP contribution in [0, 0.1) is 0 Å². The van der Waals surface area contributed by atoms with Crippen LogP contribution in [0.3, 0.4) is 0 Å². The summed E-state index contributed by atoms with van der Waals surface area (Å²) in [7, 11) is 0. The molecule has 1 amide bonds. The van der Waals surface area contributed by atoms with Crippen molar-refractivity contribution in [1.82, 2.24) is 15.0 Å². The molecule has 2 aromatic carbocycles. The van der Waals surface area contributed by atoms with E-state index in [1.54, 1.807) is 18.2 Å². The van der Waals surface area contributed by atoms with E-state index >= 15 is 0 Å². The van der Waals surface area contributed by atoms with Gasteiger partial charge in [0.1, 0.15) is 0 Å². The third kappa shape index (κ3) is 4.45. The standard InChI is InChI=1S/C20H22N4O3S/c1-3-24-16-10-6-5-9-15(16)22-20(24)28-13-18(25)23-21-12-14-8-7-11-17(19(14)26)27-4-2/h5-12,26H,3-4,13H2,1-2H3,(H,23,25)/b21-12+. The molecule has 0 aliphatic carbocycles. The zero-order chi connectivity index (χ0) is 19.9. The van der Waals surface area contributed by atoms with Gasteiger partial charge in [0.05, 0.1) is 29.6 Å². The molecule has 3 rings (SSSR count). The van der Waals surface area contributed by atoms with Crippen LogP contribution in [-0.4, -0.2) is 39.1 Å². The first-order valence-corrected chi connectivity index (χ1v) is 9.97. The molecule has 0 saturated carbocycles. The summed E-state index contributed by atoms with van der Waals surface area (Å²) in [5.74, 6) is 0.308. The van der Waals surface area contributed by atoms with E-state index in [0.29, 0.717) is 17.9 Å². The van der Waals surface area contributed by atoms with E-state index in [4.69, 9.17) is 4.74 Å². The Kier molecular flexibility index (Phi) is 6.54. The number of amides is 1. The molecule has 1 heterocycles. The van der Waals surface area contributed by atoms with E-state index < -0.39 is 0 Å². The Bertz CT molecular complexity index is 1000. The Morgan fingerprint density at radius 1 is 1.29 bits per heavy atom. The van der Waals surface area contributed by atoms with E-state index in [2.05, 4.69) is 20.1 Å². The summed E-state index contributed by atoms with van der Waals surface area (Å²) >= 11 is 1.36. The molecule has 0 aliphatic heterocycles. The van der Waals surface area contributed by atoms with Crippen LogP contribution in [0.1, 0.15) is 19.4 Å². The fraction of sp³-hybridized carbons (Fsp3) is 0.250. The number of phenols is 1. The number of aromatic hydroxyl groups is 1. The number of hydrogen-bond donors (Lipinski definition) is 2. The van der Waals surface area contributed by atoms with E-state index in [-0.39, 0.29) is 17.4 Å². The highest BCUT2D eigenvalue weighted by Crippen LogP contribution is 2.28. The van der Waals surface area contributed by atoms with Crippen LogP contribution in [0.2, 0.25) is 0 Å². The lowest BCUT2D eigenvalue weighted by molar-refractivity contribution is -0.118. The monoisotopic (exact) mass is 398 g/mol. The van der Waals surface area contributed by atoms with Crippen LogP contribution >= 0.6 is 11.8 Å². The van der Waals surface area contributed by atoms with Gasteiger partial charge in [-0.1, -0.05) is 30.0 Å². The predicted molar refractivity (Wildman–Crippen MR) is 111 cm³/mol. The van der Waals surface area contributed by atoms with E-state index in [0.717, 1.165) is 22.7 Å². The zero-order valence-corrected chi connectivity index (χ0v) is 16.6. The normalized spacial score (nSPS) is 11.2. The minimum absolute atomic E-state index is 0.00612. The summed E-state index contributed by atoms with van der Waals surface area (Å²) in [6, 6.07) is 13.0. The predicted octanol–water partition coefficient (Wildman–Crippen LogP) is 3.40. The van der Waals surface area contributed by atoms with Crippen LogP contribution in [0.15, 0.2) is 52.7 Å². The van der Waals surface area contributed by atoms with E-state index in [1.807, 2.05) is 38.1 Å². The number of hydrogen-bond acceptors (Lipinski definition) is 6. The molecule has 2 N–H and O–H groups in total. The topological polar surface area (TPSA) is 88.7 Å². The largest absolute Gasteiger partial charge is 0.504 e.